The highest BCUT2D eigenvalue weighted by atomic mass is 35.5. The number of halogens is 1. The molecule has 1 aromatic carbocycles. The van der Waals surface area contributed by atoms with Crippen LogP contribution in [0.5, 0.6) is 0 Å². The van der Waals surface area contributed by atoms with Crippen molar-refractivity contribution < 1.29 is 13.2 Å². The first-order valence-corrected chi connectivity index (χ1v) is 11.2. The number of piperidine rings is 1. The molecule has 3 rings (SSSR count). The van der Waals surface area contributed by atoms with E-state index < -0.39 is 10.0 Å². The average Bonchev–Trinajstić information content (AvgIpc) is 2.67. The average molecular weight is 430 g/mol. The van der Waals surface area contributed by atoms with Crippen LogP contribution in [0.4, 0.5) is 0 Å². The van der Waals surface area contributed by atoms with E-state index in [1.165, 1.54) is 4.31 Å². The fourth-order valence-corrected chi connectivity index (χ4v) is 5.17. The molecule has 2 fully saturated rings. The lowest BCUT2D eigenvalue weighted by Gasteiger charge is -2.36. The lowest BCUT2D eigenvalue weighted by molar-refractivity contribution is -0.137. The Morgan fingerprint density at radius 1 is 1.00 bits per heavy atom. The zero-order valence-electron chi connectivity index (χ0n) is 17.0. The van der Waals surface area contributed by atoms with Gasteiger partial charge in [0, 0.05) is 32.1 Å². The Hall–Kier alpha value is -1.15. The van der Waals surface area contributed by atoms with Crippen LogP contribution in [0.15, 0.2) is 29.2 Å². The van der Waals surface area contributed by atoms with E-state index in [0.29, 0.717) is 31.1 Å². The molecule has 1 amide bonds. The van der Waals surface area contributed by atoms with Gasteiger partial charge in [0.05, 0.1) is 4.90 Å². The zero-order valence-corrected chi connectivity index (χ0v) is 18.6. The summed E-state index contributed by atoms with van der Waals surface area (Å²) in [5.74, 6) is 0.266. The lowest BCUT2D eigenvalue weighted by Crippen LogP contribution is -2.52. The van der Waals surface area contributed by atoms with E-state index in [2.05, 4.69) is 26.1 Å². The maximum atomic E-state index is 12.9. The Balaban J connectivity index is 0.00000280. The summed E-state index contributed by atoms with van der Waals surface area (Å²) in [6.45, 7) is 9.76. The van der Waals surface area contributed by atoms with Gasteiger partial charge in [-0.15, -0.1) is 12.4 Å². The first-order valence-electron chi connectivity index (χ1n) is 9.80. The molecular weight excluding hydrogens is 398 g/mol. The van der Waals surface area contributed by atoms with E-state index in [0.717, 1.165) is 31.5 Å². The molecular formula is C20H32ClN3O3S. The van der Waals surface area contributed by atoms with Gasteiger partial charge in [-0.05, 0) is 49.0 Å². The number of amides is 1. The molecule has 158 valence electrons. The lowest BCUT2D eigenvalue weighted by atomic mass is 9.87. The van der Waals surface area contributed by atoms with Crippen LogP contribution in [0.25, 0.3) is 0 Å². The second-order valence-corrected chi connectivity index (χ2v) is 10.5. The third kappa shape index (κ3) is 5.06. The SMILES string of the molecule is CC(C)(C)c1ccc(S(=O)(=O)N2CCN(C(=O)C3CCNCC3)CC2)cc1.Cl. The minimum atomic E-state index is -3.51. The predicted octanol–water partition coefficient (Wildman–Crippen LogP) is 2.24. The maximum absolute atomic E-state index is 12.9. The fraction of sp³-hybridized carbons (Fsp3) is 0.650. The number of nitrogens with zero attached hydrogens (tertiary/aromatic N) is 2. The van der Waals surface area contributed by atoms with E-state index in [4.69, 9.17) is 0 Å². The molecule has 0 aromatic heterocycles. The molecule has 0 atom stereocenters. The minimum absolute atomic E-state index is 0. The first kappa shape index (κ1) is 23.1. The van der Waals surface area contributed by atoms with Crippen LogP contribution < -0.4 is 5.32 Å². The molecule has 2 saturated heterocycles. The molecule has 6 nitrogen and oxygen atoms in total. The summed E-state index contributed by atoms with van der Waals surface area (Å²) in [5.41, 5.74) is 1.10. The van der Waals surface area contributed by atoms with E-state index in [-0.39, 0.29) is 29.6 Å². The van der Waals surface area contributed by atoms with E-state index in [9.17, 15) is 13.2 Å². The van der Waals surface area contributed by atoms with Gasteiger partial charge in [0.1, 0.15) is 0 Å². The number of piperazine rings is 1. The number of carbonyl (C=O) groups excluding carboxylic acids is 1. The summed E-state index contributed by atoms with van der Waals surface area (Å²) in [5, 5.41) is 3.27. The van der Waals surface area contributed by atoms with Crippen LogP contribution in [-0.4, -0.2) is 62.8 Å². The number of sulfonamides is 1. The fourth-order valence-electron chi connectivity index (χ4n) is 3.75. The van der Waals surface area contributed by atoms with Gasteiger partial charge in [-0.2, -0.15) is 4.31 Å². The van der Waals surface area contributed by atoms with Gasteiger partial charge in [0.2, 0.25) is 15.9 Å². The van der Waals surface area contributed by atoms with Gasteiger partial charge in [-0.1, -0.05) is 32.9 Å². The second-order valence-electron chi connectivity index (χ2n) is 8.53. The van der Waals surface area contributed by atoms with Crippen molar-refractivity contribution in [2.75, 3.05) is 39.3 Å². The summed E-state index contributed by atoms with van der Waals surface area (Å²) in [6, 6.07) is 7.18. The molecule has 2 aliphatic rings. The Bertz CT molecular complexity index is 761. The highest BCUT2D eigenvalue weighted by molar-refractivity contribution is 7.89. The third-order valence-electron chi connectivity index (χ3n) is 5.60. The van der Waals surface area contributed by atoms with Gasteiger partial charge in [0.15, 0.2) is 0 Å². The van der Waals surface area contributed by atoms with E-state index in [1.807, 2.05) is 17.0 Å². The molecule has 0 radical (unpaired) electrons. The van der Waals surface area contributed by atoms with Gasteiger partial charge in [-0.25, -0.2) is 8.42 Å². The monoisotopic (exact) mass is 429 g/mol. The van der Waals surface area contributed by atoms with Crippen LogP contribution in [0.1, 0.15) is 39.2 Å². The van der Waals surface area contributed by atoms with Gasteiger partial charge < -0.3 is 10.2 Å². The largest absolute Gasteiger partial charge is 0.340 e. The van der Waals surface area contributed by atoms with Crippen molar-refractivity contribution in [2.45, 2.75) is 43.9 Å². The predicted molar refractivity (Wildman–Crippen MR) is 113 cm³/mol. The Morgan fingerprint density at radius 3 is 2.04 bits per heavy atom. The summed E-state index contributed by atoms with van der Waals surface area (Å²) in [4.78, 5) is 14.8. The van der Waals surface area contributed by atoms with Gasteiger partial charge >= 0.3 is 0 Å². The second kappa shape index (κ2) is 9.11. The van der Waals surface area contributed by atoms with Crippen molar-refractivity contribution in [1.29, 1.82) is 0 Å². The zero-order chi connectivity index (χ0) is 19.7. The molecule has 1 aromatic rings. The molecule has 0 aliphatic carbocycles. The van der Waals surface area contributed by atoms with Crippen LogP contribution >= 0.6 is 12.4 Å². The molecule has 0 bridgehead atoms. The van der Waals surface area contributed by atoms with Crippen molar-refractivity contribution in [1.82, 2.24) is 14.5 Å². The number of hydrogen-bond acceptors (Lipinski definition) is 4. The van der Waals surface area contributed by atoms with E-state index in [1.54, 1.807) is 12.1 Å². The van der Waals surface area contributed by atoms with Gasteiger partial charge in [0.25, 0.3) is 0 Å². The van der Waals surface area contributed by atoms with Crippen molar-refractivity contribution in [3.8, 4) is 0 Å². The van der Waals surface area contributed by atoms with Crippen LogP contribution in [0.2, 0.25) is 0 Å². The molecule has 0 saturated carbocycles. The van der Waals surface area contributed by atoms with Crippen molar-refractivity contribution in [3.05, 3.63) is 29.8 Å². The molecule has 0 unspecified atom stereocenters. The van der Waals surface area contributed by atoms with Crippen LogP contribution in [0.3, 0.4) is 0 Å². The van der Waals surface area contributed by atoms with Crippen LogP contribution in [0, 0.1) is 5.92 Å². The summed E-state index contributed by atoms with van der Waals surface area (Å²) >= 11 is 0. The Labute approximate surface area is 175 Å². The Morgan fingerprint density at radius 2 is 1.54 bits per heavy atom. The first-order chi connectivity index (χ1) is 12.7. The van der Waals surface area contributed by atoms with Crippen molar-refractivity contribution >= 4 is 28.3 Å². The summed E-state index contributed by atoms with van der Waals surface area (Å²) in [7, 11) is -3.51. The Kier molecular flexibility index (Phi) is 7.53. The number of hydrogen-bond donors (Lipinski definition) is 1. The van der Waals surface area contributed by atoms with Crippen molar-refractivity contribution in [2.24, 2.45) is 5.92 Å². The number of nitrogens with one attached hydrogen (secondary N) is 1. The van der Waals surface area contributed by atoms with E-state index >= 15 is 0 Å². The quantitative estimate of drug-likeness (QED) is 0.799. The molecule has 28 heavy (non-hydrogen) atoms. The number of carbonyl (C=O) groups is 1. The minimum Gasteiger partial charge on any atom is -0.340 e. The normalized spacial score (nSPS) is 19.9. The van der Waals surface area contributed by atoms with Gasteiger partial charge in [-0.3, -0.25) is 4.79 Å². The standard InChI is InChI=1S/C20H31N3O3S.ClH/c1-20(2,3)17-4-6-18(7-5-17)27(25,26)23-14-12-22(13-15-23)19(24)16-8-10-21-11-9-16;/h4-7,16,21H,8-15H2,1-3H3;1H. The summed E-state index contributed by atoms with van der Waals surface area (Å²) < 4.78 is 27.4. The molecule has 2 aliphatic heterocycles. The molecule has 0 spiro atoms. The number of rotatable bonds is 3. The molecule has 1 N–H and O–H groups in total. The molecule has 8 heteroatoms. The summed E-state index contributed by atoms with van der Waals surface area (Å²) in [6.07, 6.45) is 1.74. The highest BCUT2D eigenvalue weighted by Gasteiger charge is 2.33. The van der Waals surface area contributed by atoms with Crippen molar-refractivity contribution in [3.63, 3.8) is 0 Å². The maximum Gasteiger partial charge on any atom is 0.243 e. The topological polar surface area (TPSA) is 69.7 Å². The third-order valence-corrected chi connectivity index (χ3v) is 7.51. The van der Waals surface area contributed by atoms with Crippen LogP contribution in [-0.2, 0) is 20.2 Å². The molecule has 2 heterocycles. The highest BCUT2D eigenvalue weighted by Crippen LogP contribution is 2.25. The smallest absolute Gasteiger partial charge is 0.243 e. The number of benzene rings is 1.